The van der Waals surface area contributed by atoms with Gasteiger partial charge in [-0.15, -0.1) is 0 Å². The maximum absolute atomic E-state index is 2.87. The summed E-state index contributed by atoms with van der Waals surface area (Å²) in [6.07, 6.45) is 18.8. The SMILES string of the molecule is CCCCCC1(CCCCC)c2cc3c(cc2C(CCCCC)(CCCCC)c2cc4c(cc21)-c1cc(-c2cccc(-c5ccccc5)c2)cc2cc(-c5cccc(-c6ccccc6)c5)cc-4c12)-c1cc(-c2cccc(-c4ccccc4)c2)cc2cc(-c4cccc(-c5ccccc5)c4)cc-3c12. The van der Waals surface area contributed by atoms with E-state index in [1.807, 2.05) is 0 Å². The molecule has 102 heavy (non-hydrogen) atoms. The van der Waals surface area contributed by atoms with Crippen LogP contribution in [-0.2, 0) is 10.8 Å². The number of hydrogen-bond donors (Lipinski definition) is 0. The molecule has 500 valence electrons. The Morgan fingerprint density at radius 3 is 0.598 bits per heavy atom. The average Bonchev–Trinajstić information content (AvgIpc) is 1.33. The van der Waals surface area contributed by atoms with E-state index in [1.165, 1.54) is 232 Å². The van der Waals surface area contributed by atoms with Crippen LogP contribution in [0.25, 0.3) is 155 Å². The maximum Gasteiger partial charge on any atom is 0.0209 e. The maximum atomic E-state index is 2.87. The number of unbranched alkanes of at least 4 members (excludes halogenated alkanes) is 8. The number of hydrogen-bond acceptors (Lipinski definition) is 0. The van der Waals surface area contributed by atoms with Crippen LogP contribution in [0.3, 0.4) is 0 Å². The van der Waals surface area contributed by atoms with E-state index in [4.69, 9.17) is 0 Å². The molecule has 0 spiro atoms. The molecule has 0 unspecified atom stereocenters. The fourth-order valence-electron chi connectivity index (χ4n) is 18.6. The Morgan fingerprint density at radius 1 is 0.176 bits per heavy atom. The summed E-state index contributed by atoms with van der Waals surface area (Å²) in [7, 11) is 0. The van der Waals surface area contributed by atoms with Crippen molar-refractivity contribution in [3.05, 3.63) is 313 Å². The Bertz CT molecular complexity index is 4760. The van der Waals surface area contributed by atoms with Gasteiger partial charge in [0.1, 0.15) is 0 Å². The van der Waals surface area contributed by atoms with Crippen molar-refractivity contribution >= 4 is 21.5 Å². The normalized spacial score (nSPS) is 13.3. The van der Waals surface area contributed by atoms with Crippen LogP contribution in [0, 0.1) is 0 Å². The van der Waals surface area contributed by atoms with Gasteiger partial charge in [-0.05, 0) is 300 Å². The van der Waals surface area contributed by atoms with Crippen LogP contribution in [0.1, 0.15) is 153 Å². The highest BCUT2D eigenvalue weighted by atomic mass is 14.5. The monoisotopic (exact) mass is 1320 g/mol. The average molecular weight is 1320 g/mol. The molecule has 0 saturated heterocycles. The van der Waals surface area contributed by atoms with Gasteiger partial charge in [0.15, 0.2) is 0 Å². The van der Waals surface area contributed by atoms with Gasteiger partial charge in [-0.1, -0.05) is 299 Å². The largest absolute Gasteiger partial charge is 0.0654 e. The van der Waals surface area contributed by atoms with E-state index in [1.54, 1.807) is 22.3 Å². The van der Waals surface area contributed by atoms with Gasteiger partial charge < -0.3 is 0 Å². The molecule has 14 aromatic carbocycles. The van der Waals surface area contributed by atoms with E-state index in [2.05, 4.69) is 319 Å². The molecule has 0 saturated carbocycles. The zero-order chi connectivity index (χ0) is 68.7. The lowest BCUT2D eigenvalue weighted by Gasteiger charge is -2.51. The minimum absolute atomic E-state index is 0.241. The van der Waals surface area contributed by atoms with Crippen LogP contribution >= 0.6 is 0 Å². The molecule has 0 aromatic heterocycles. The molecule has 0 heteroatoms. The van der Waals surface area contributed by atoms with Gasteiger partial charge >= 0.3 is 0 Å². The highest BCUT2D eigenvalue weighted by Crippen LogP contribution is 2.64. The molecule has 0 fully saturated rings. The molecule has 0 aliphatic heterocycles. The molecule has 14 aromatic rings. The Kier molecular flexibility index (Phi) is 17.7. The van der Waals surface area contributed by atoms with Crippen molar-refractivity contribution in [1.29, 1.82) is 0 Å². The highest BCUT2D eigenvalue weighted by molar-refractivity contribution is 6.20. The molecule has 0 N–H and O–H groups in total. The number of rotatable bonds is 24. The second-order valence-electron chi connectivity index (χ2n) is 30.0. The van der Waals surface area contributed by atoms with Crippen molar-refractivity contribution in [3.63, 3.8) is 0 Å². The van der Waals surface area contributed by atoms with Crippen molar-refractivity contribution in [3.8, 4) is 134 Å². The third-order valence-electron chi connectivity index (χ3n) is 23.7. The standard InChI is InChI=1S/C102H92/c1-5-9-25-49-101(50-26-10-6-2)95-65-87-89(93-63-83(79-47-31-43-75(55-79)71-37-21-15-22-38-71)59-85-57-81(61-91(87)99(85)93)77-45-29-41-73(53-77)69-33-17-13-18-34-69)67-97(95)102(51-27-11-7-3,52-28-12-8-4)98-68-90-88(66-96(98)101)92-62-82(78-46-30-42-74(54-78)70-35-19-14-20-36-70)58-86-60-84(64-94(90)100(86)92)80-48-32-44-76(56-80)72-39-23-16-24-40-72/h13-24,29-48,53-68H,5-12,25-28,49-52H2,1-4H3. The Balaban J connectivity index is 0.943. The van der Waals surface area contributed by atoms with E-state index in [-0.39, 0.29) is 10.8 Å². The summed E-state index contributed by atoms with van der Waals surface area (Å²) in [5, 5.41) is 5.39. The summed E-state index contributed by atoms with van der Waals surface area (Å²) in [5.74, 6) is 0. The highest BCUT2D eigenvalue weighted by Gasteiger charge is 2.51. The van der Waals surface area contributed by atoms with Crippen molar-refractivity contribution < 1.29 is 0 Å². The first kappa shape index (κ1) is 64.9. The van der Waals surface area contributed by atoms with Crippen molar-refractivity contribution in [1.82, 2.24) is 0 Å². The molecule has 3 aliphatic carbocycles. The van der Waals surface area contributed by atoms with Gasteiger partial charge in [-0.3, -0.25) is 0 Å². The van der Waals surface area contributed by atoms with Gasteiger partial charge in [-0.2, -0.15) is 0 Å². The lowest BCUT2D eigenvalue weighted by Crippen LogP contribution is -2.43. The van der Waals surface area contributed by atoms with Gasteiger partial charge in [-0.25, -0.2) is 0 Å². The molecular weight excluding hydrogens is 1230 g/mol. The van der Waals surface area contributed by atoms with E-state index in [9.17, 15) is 0 Å². The molecule has 0 radical (unpaired) electrons. The van der Waals surface area contributed by atoms with Gasteiger partial charge in [0, 0.05) is 10.8 Å². The Morgan fingerprint density at radius 2 is 0.382 bits per heavy atom. The quantitative estimate of drug-likeness (QED) is 0.0529. The number of benzene rings is 14. The minimum atomic E-state index is -0.241. The van der Waals surface area contributed by atoms with Crippen molar-refractivity contribution in [2.45, 2.75) is 141 Å². The Labute approximate surface area is 605 Å². The molecule has 17 rings (SSSR count). The van der Waals surface area contributed by atoms with E-state index >= 15 is 0 Å². The predicted octanol–water partition coefficient (Wildman–Crippen LogP) is 29.8. The van der Waals surface area contributed by atoms with E-state index < -0.39 is 0 Å². The zero-order valence-electron chi connectivity index (χ0n) is 60.0. The van der Waals surface area contributed by atoms with Crippen LogP contribution in [0.4, 0.5) is 0 Å². The first-order chi connectivity index (χ1) is 50.3. The fraction of sp³-hybridized carbons (Fsp3) is 0.216. The second-order valence-corrected chi connectivity index (χ2v) is 30.0. The van der Waals surface area contributed by atoms with Gasteiger partial charge in [0.25, 0.3) is 0 Å². The lowest BCUT2D eigenvalue weighted by molar-refractivity contribution is 0.328. The van der Waals surface area contributed by atoms with Crippen molar-refractivity contribution in [2.75, 3.05) is 0 Å². The summed E-state index contributed by atoms with van der Waals surface area (Å²) >= 11 is 0. The van der Waals surface area contributed by atoms with Crippen LogP contribution in [0.5, 0.6) is 0 Å². The van der Waals surface area contributed by atoms with Crippen LogP contribution in [0.15, 0.2) is 291 Å². The summed E-state index contributed by atoms with van der Waals surface area (Å²) in [5.41, 5.74) is 37.1. The first-order valence-corrected chi connectivity index (χ1v) is 38.6. The third-order valence-corrected chi connectivity index (χ3v) is 23.7. The van der Waals surface area contributed by atoms with E-state index in [0.717, 1.165) is 25.7 Å². The third kappa shape index (κ3) is 11.7. The molecular formula is C102H92. The zero-order valence-corrected chi connectivity index (χ0v) is 60.0. The Hall–Kier alpha value is -10.4. The van der Waals surface area contributed by atoms with Crippen molar-refractivity contribution in [2.24, 2.45) is 0 Å². The molecule has 3 aliphatic rings. The summed E-state index contributed by atoms with van der Waals surface area (Å²) in [4.78, 5) is 0. The molecule has 0 amide bonds. The lowest BCUT2D eigenvalue weighted by atomic mass is 9.52. The summed E-state index contributed by atoms with van der Waals surface area (Å²) < 4.78 is 0. The molecule has 0 heterocycles. The van der Waals surface area contributed by atoms with E-state index in [0.29, 0.717) is 0 Å². The molecule has 0 nitrogen and oxygen atoms in total. The predicted molar refractivity (Wildman–Crippen MR) is 438 cm³/mol. The first-order valence-electron chi connectivity index (χ1n) is 38.6. The topological polar surface area (TPSA) is 0 Å². The number of fused-ring (bicyclic) bond motifs is 8. The van der Waals surface area contributed by atoms with Gasteiger partial charge in [0.2, 0.25) is 0 Å². The second kappa shape index (κ2) is 27.9. The van der Waals surface area contributed by atoms with Crippen LogP contribution < -0.4 is 0 Å². The van der Waals surface area contributed by atoms with Gasteiger partial charge in [0.05, 0.1) is 0 Å². The summed E-state index contributed by atoms with van der Waals surface area (Å²) in [6, 6.07) is 113. The minimum Gasteiger partial charge on any atom is -0.0654 e. The molecule has 0 bridgehead atoms. The summed E-state index contributed by atoms with van der Waals surface area (Å²) in [6.45, 7) is 9.64. The smallest absolute Gasteiger partial charge is 0.0209 e. The fourth-order valence-corrected chi connectivity index (χ4v) is 18.6. The van der Waals surface area contributed by atoms with Crippen LogP contribution in [0.2, 0.25) is 0 Å². The molecule has 0 atom stereocenters. The van der Waals surface area contributed by atoms with Crippen LogP contribution in [-0.4, -0.2) is 0 Å².